The van der Waals surface area contributed by atoms with Crippen molar-refractivity contribution < 1.29 is 0 Å². The largest absolute Gasteiger partial charge is 0.343 e. The van der Waals surface area contributed by atoms with Crippen LogP contribution in [0.2, 0.25) is 5.02 Å². The van der Waals surface area contributed by atoms with Gasteiger partial charge in [-0.1, -0.05) is 23.7 Å². The van der Waals surface area contributed by atoms with Crippen molar-refractivity contribution in [3.63, 3.8) is 0 Å². The van der Waals surface area contributed by atoms with E-state index in [1.165, 1.54) is 16.5 Å². The Morgan fingerprint density at radius 1 is 1.20 bits per heavy atom. The molecule has 0 bridgehead atoms. The number of halogens is 1. The highest BCUT2D eigenvalue weighted by Gasteiger charge is 2.05. The quantitative estimate of drug-likeness (QED) is 0.800. The second kappa shape index (κ2) is 5.65. The number of fused-ring (bicyclic) bond motifs is 1. The number of nitrogens with two attached hydrogens (primary N) is 1. The van der Waals surface area contributed by atoms with E-state index in [-0.39, 0.29) is 0 Å². The Balaban J connectivity index is 1.99. The molecule has 0 radical (unpaired) electrons. The van der Waals surface area contributed by atoms with Crippen LogP contribution in [0.5, 0.6) is 0 Å². The van der Waals surface area contributed by atoms with Crippen molar-refractivity contribution in [2.24, 2.45) is 5.73 Å². The number of hydrogen-bond donors (Lipinski definition) is 1. The van der Waals surface area contributed by atoms with Gasteiger partial charge in [0.2, 0.25) is 0 Å². The van der Waals surface area contributed by atoms with Crippen LogP contribution in [0.4, 0.5) is 0 Å². The molecule has 4 heteroatoms. The first-order valence-corrected chi connectivity index (χ1v) is 7.02. The molecule has 0 aliphatic carbocycles. The van der Waals surface area contributed by atoms with E-state index in [1.807, 2.05) is 6.07 Å². The lowest BCUT2D eigenvalue weighted by Crippen LogP contribution is -2.03. The second-order valence-electron chi connectivity index (χ2n) is 4.84. The molecule has 0 spiro atoms. The number of rotatable bonds is 4. The van der Waals surface area contributed by atoms with Crippen molar-refractivity contribution in [3.8, 4) is 0 Å². The summed E-state index contributed by atoms with van der Waals surface area (Å²) in [5.41, 5.74) is 9.18. The third-order valence-corrected chi connectivity index (χ3v) is 3.81. The summed E-state index contributed by atoms with van der Waals surface area (Å²) in [4.78, 5) is 4.02. The Hall–Kier alpha value is -1.84. The predicted molar refractivity (Wildman–Crippen MR) is 83.0 cm³/mol. The first-order chi connectivity index (χ1) is 9.78. The summed E-state index contributed by atoms with van der Waals surface area (Å²) in [6, 6.07) is 10.6. The zero-order valence-electron chi connectivity index (χ0n) is 11.1. The summed E-state index contributed by atoms with van der Waals surface area (Å²) in [6.45, 7) is 1.42. The molecule has 0 fully saturated rings. The Labute approximate surface area is 123 Å². The van der Waals surface area contributed by atoms with Gasteiger partial charge >= 0.3 is 0 Å². The van der Waals surface area contributed by atoms with Crippen molar-refractivity contribution in [3.05, 3.63) is 65.1 Å². The molecule has 2 N–H and O–H groups in total. The number of hydrogen-bond acceptors (Lipinski definition) is 2. The maximum absolute atomic E-state index is 6.18. The monoisotopic (exact) mass is 285 g/mol. The van der Waals surface area contributed by atoms with Crippen molar-refractivity contribution in [2.75, 3.05) is 6.54 Å². The fraction of sp³-hybridized carbons (Fsp3) is 0.188. The minimum Gasteiger partial charge on any atom is -0.343 e. The number of benzene rings is 1. The van der Waals surface area contributed by atoms with Gasteiger partial charge in [-0.3, -0.25) is 4.98 Å². The molecule has 0 atom stereocenters. The molecule has 0 saturated heterocycles. The summed E-state index contributed by atoms with van der Waals surface area (Å²) in [5.74, 6) is 0. The molecule has 2 heterocycles. The summed E-state index contributed by atoms with van der Waals surface area (Å²) >= 11 is 6.18. The topological polar surface area (TPSA) is 43.8 Å². The van der Waals surface area contributed by atoms with Gasteiger partial charge in [0, 0.05) is 30.7 Å². The van der Waals surface area contributed by atoms with Crippen LogP contribution in [-0.2, 0) is 13.0 Å². The van der Waals surface area contributed by atoms with Crippen molar-refractivity contribution >= 4 is 22.5 Å². The van der Waals surface area contributed by atoms with Crippen LogP contribution < -0.4 is 5.73 Å². The smallest absolute Gasteiger partial charge is 0.0639 e. The molecule has 0 saturated carbocycles. The van der Waals surface area contributed by atoms with Gasteiger partial charge < -0.3 is 10.3 Å². The number of aromatic nitrogens is 2. The van der Waals surface area contributed by atoms with E-state index >= 15 is 0 Å². The van der Waals surface area contributed by atoms with Gasteiger partial charge in [-0.05, 0) is 47.7 Å². The maximum Gasteiger partial charge on any atom is 0.0639 e. The van der Waals surface area contributed by atoms with E-state index in [9.17, 15) is 0 Å². The molecule has 20 heavy (non-hydrogen) atoms. The van der Waals surface area contributed by atoms with Crippen LogP contribution in [0.15, 0.2) is 48.9 Å². The molecule has 0 aliphatic rings. The fourth-order valence-corrected chi connectivity index (χ4v) is 2.58. The molecule has 1 aromatic carbocycles. The van der Waals surface area contributed by atoms with E-state index in [2.05, 4.69) is 40.0 Å². The Kier molecular flexibility index (Phi) is 3.72. The minimum atomic E-state index is 0.669. The zero-order valence-corrected chi connectivity index (χ0v) is 11.8. The normalized spacial score (nSPS) is 11.1. The van der Waals surface area contributed by atoms with E-state index in [0.29, 0.717) is 11.6 Å². The Bertz CT molecular complexity index is 733. The van der Waals surface area contributed by atoms with Crippen LogP contribution in [0.25, 0.3) is 10.9 Å². The summed E-state index contributed by atoms with van der Waals surface area (Å²) in [7, 11) is 0. The van der Waals surface area contributed by atoms with Crippen LogP contribution in [0.1, 0.15) is 11.1 Å². The van der Waals surface area contributed by atoms with Crippen LogP contribution in [0, 0.1) is 0 Å². The molecule has 3 rings (SSSR count). The fourth-order valence-electron chi connectivity index (χ4n) is 2.41. The van der Waals surface area contributed by atoms with Gasteiger partial charge in [0.15, 0.2) is 0 Å². The van der Waals surface area contributed by atoms with Gasteiger partial charge in [0.05, 0.1) is 5.02 Å². The van der Waals surface area contributed by atoms with Gasteiger partial charge in [-0.2, -0.15) is 0 Å². The molecule has 0 amide bonds. The predicted octanol–water partition coefficient (Wildman–Crippen LogP) is 3.24. The second-order valence-corrected chi connectivity index (χ2v) is 5.25. The van der Waals surface area contributed by atoms with Gasteiger partial charge in [-0.15, -0.1) is 0 Å². The average Bonchev–Trinajstić information content (AvgIpc) is 2.85. The summed E-state index contributed by atoms with van der Waals surface area (Å²) in [6.07, 6.45) is 6.44. The van der Waals surface area contributed by atoms with E-state index in [1.54, 1.807) is 12.4 Å². The first kappa shape index (κ1) is 13.2. The highest BCUT2D eigenvalue weighted by atomic mass is 35.5. The highest BCUT2D eigenvalue weighted by Crippen LogP contribution is 2.21. The summed E-state index contributed by atoms with van der Waals surface area (Å²) in [5, 5.41) is 1.93. The van der Waals surface area contributed by atoms with Crippen LogP contribution in [0.3, 0.4) is 0 Å². The summed E-state index contributed by atoms with van der Waals surface area (Å²) < 4.78 is 2.20. The first-order valence-electron chi connectivity index (χ1n) is 6.64. The van der Waals surface area contributed by atoms with E-state index < -0.39 is 0 Å². The van der Waals surface area contributed by atoms with Crippen LogP contribution in [-0.4, -0.2) is 16.1 Å². The SMILES string of the molecule is NCCc1ccc2ccn(Cc3ccncc3Cl)c2c1. The Morgan fingerprint density at radius 2 is 2.10 bits per heavy atom. The third kappa shape index (κ3) is 2.55. The number of pyridine rings is 1. The lowest BCUT2D eigenvalue weighted by atomic mass is 10.1. The molecule has 0 unspecified atom stereocenters. The maximum atomic E-state index is 6.18. The third-order valence-electron chi connectivity index (χ3n) is 3.47. The van der Waals surface area contributed by atoms with E-state index in [4.69, 9.17) is 17.3 Å². The van der Waals surface area contributed by atoms with Crippen molar-refractivity contribution in [2.45, 2.75) is 13.0 Å². The van der Waals surface area contributed by atoms with Crippen molar-refractivity contribution in [1.82, 2.24) is 9.55 Å². The zero-order chi connectivity index (χ0) is 13.9. The Morgan fingerprint density at radius 3 is 2.90 bits per heavy atom. The molecule has 2 aromatic heterocycles. The van der Waals surface area contributed by atoms with Crippen LogP contribution >= 0.6 is 11.6 Å². The minimum absolute atomic E-state index is 0.669. The molecule has 3 nitrogen and oxygen atoms in total. The van der Waals surface area contributed by atoms with Crippen molar-refractivity contribution in [1.29, 1.82) is 0 Å². The molecule has 102 valence electrons. The lowest BCUT2D eigenvalue weighted by Gasteiger charge is -2.08. The highest BCUT2D eigenvalue weighted by molar-refractivity contribution is 6.31. The molecular formula is C16H16ClN3. The molecule has 0 aliphatic heterocycles. The van der Waals surface area contributed by atoms with Gasteiger partial charge in [-0.25, -0.2) is 0 Å². The van der Waals surface area contributed by atoms with Gasteiger partial charge in [0.25, 0.3) is 0 Å². The standard InChI is InChI=1S/C16H16ClN3/c17-15-10-19-7-4-14(15)11-20-8-5-13-2-1-12(3-6-18)9-16(13)20/h1-2,4-5,7-10H,3,6,11,18H2. The molecular weight excluding hydrogens is 270 g/mol. The van der Waals surface area contributed by atoms with E-state index in [0.717, 1.165) is 18.5 Å². The lowest BCUT2D eigenvalue weighted by molar-refractivity contribution is 0.833. The number of nitrogens with zero attached hydrogens (tertiary/aromatic N) is 2. The average molecular weight is 286 g/mol. The van der Waals surface area contributed by atoms with Gasteiger partial charge in [0.1, 0.15) is 0 Å². The molecule has 3 aromatic rings.